The van der Waals surface area contributed by atoms with Crippen molar-refractivity contribution in [2.45, 2.75) is 31.8 Å². The predicted molar refractivity (Wildman–Crippen MR) is 105 cm³/mol. The van der Waals surface area contributed by atoms with Crippen LogP contribution in [0.3, 0.4) is 0 Å². The molecular weight excluding hydrogens is 342 g/mol. The molecule has 1 fully saturated rings. The summed E-state index contributed by atoms with van der Waals surface area (Å²) in [6.07, 6.45) is 3.26. The van der Waals surface area contributed by atoms with Crippen molar-refractivity contribution in [2.75, 3.05) is 40.0 Å². The number of ether oxygens (including phenoxy) is 1. The van der Waals surface area contributed by atoms with Crippen molar-refractivity contribution < 1.29 is 14.6 Å². The minimum Gasteiger partial charge on any atom is -0.395 e. The number of carbonyl (C=O) groups excluding carboxylic acids is 1. The highest BCUT2D eigenvalue weighted by molar-refractivity contribution is 5.99. The number of carbonyl (C=O) groups is 1. The van der Waals surface area contributed by atoms with Gasteiger partial charge in [-0.25, -0.2) is 0 Å². The van der Waals surface area contributed by atoms with Crippen LogP contribution in [0.15, 0.2) is 18.2 Å². The van der Waals surface area contributed by atoms with E-state index in [9.17, 15) is 4.79 Å². The van der Waals surface area contributed by atoms with Gasteiger partial charge >= 0.3 is 0 Å². The van der Waals surface area contributed by atoms with Crippen molar-refractivity contribution >= 4 is 16.8 Å². The highest BCUT2D eigenvalue weighted by atomic mass is 16.5. The first-order chi connectivity index (χ1) is 13.1. The highest BCUT2D eigenvalue weighted by Gasteiger charge is 2.28. The van der Waals surface area contributed by atoms with E-state index in [2.05, 4.69) is 22.6 Å². The number of amides is 1. The van der Waals surface area contributed by atoms with Gasteiger partial charge in [0.2, 0.25) is 0 Å². The van der Waals surface area contributed by atoms with E-state index in [4.69, 9.17) is 9.84 Å². The highest BCUT2D eigenvalue weighted by Crippen LogP contribution is 2.33. The van der Waals surface area contributed by atoms with Gasteiger partial charge in [0.05, 0.1) is 6.61 Å². The third kappa shape index (κ3) is 3.37. The van der Waals surface area contributed by atoms with Crippen LogP contribution in [0.5, 0.6) is 0 Å². The lowest BCUT2D eigenvalue weighted by atomic mass is 9.99. The third-order valence-electron chi connectivity index (χ3n) is 6.17. The number of aryl methyl sites for hydroxylation is 1. The average Bonchev–Trinajstić information content (AvgIpc) is 2.99. The van der Waals surface area contributed by atoms with Crippen molar-refractivity contribution in [1.29, 1.82) is 0 Å². The van der Waals surface area contributed by atoms with E-state index in [1.807, 2.05) is 12.1 Å². The maximum atomic E-state index is 12.6. The molecule has 2 aromatic rings. The molecule has 0 radical (unpaired) electrons. The molecule has 1 amide bonds. The fourth-order valence-electron chi connectivity index (χ4n) is 4.57. The first kappa shape index (κ1) is 18.5. The summed E-state index contributed by atoms with van der Waals surface area (Å²) in [5.74, 6) is -0.0411. The second-order valence-electron chi connectivity index (χ2n) is 7.73. The maximum Gasteiger partial charge on any atom is 0.253 e. The standard InChI is InChI=1S/C21H29N3O3/c1-22(9-10-25)21(26)15-3-4-19-17(13-15)18-14-24(8-5-20(18)23(19)2)16-6-11-27-12-7-16/h3-4,13,16,25H,5-12,14H2,1-2H3. The lowest BCUT2D eigenvalue weighted by molar-refractivity contribution is 0.0289. The first-order valence-electron chi connectivity index (χ1n) is 9.88. The number of hydrogen-bond acceptors (Lipinski definition) is 4. The Balaban J connectivity index is 1.67. The van der Waals surface area contributed by atoms with E-state index in [0.29, 0.717) is 18.2 Å². The number of fused-ring (bicyclic) bond motifs is 3. The van der Waals surface area contributed by atoms with E-state index in [1.165, 1.54) is 22.2 Å². The summed E-state index contributed by atoms with van der Waals surface area (Å²) in [5, 5.41) is 10.3. The fourth-order valence-corrected chi connectivity index (χ4v) is 4.57. The number of benzene rings is 1. The monoisotopic (exact) mass is 371 g/mol. The molecule has 0 atom stereocenters. The summed E-state index contributed by atoms with van der Waals surface area (Å²) in [4.78, 5) is 16.8. The maximum absolute atomic E-state index is 12.6. The number of aromatic nitrogens is 1. The average molecular weight is 371 g/mol. The number of nitrogens with zero attached hydrogens (tertiary/aromatic N) is 3. The van der Waals surface area contributed by atoms with Crippen LogP contribution in [0.1, 0.15) is 34.5 Å². The lowest BCUT2D eigenvalue weighted by Gasteiger charge is -2.37. The third-order valence-corrected chi connectivity index (χ3v) is 6.17. The second-order valence-corrected chi connectivity index (χ2v) is 7.73. The first-order valence-corrected chi connectivity index (χ1v) is 9.88. The van der Waals surface area contributed by atoms with E-state index in [-0.39, 0.29) is 12.5 Å². The zero-order valence-electron chi connectivity index (χ0n) is 16.3. The van der Waals surface area contributed by atoms with E-state index in [0.717, 1.165) is 45.6 Å². The zero-order valence-corrected chi connectivity index (χ0v) is 16.3. The molecule has 0 saturated carbocycles. The molecule has 3 heterocycles. The van der Waals surface area contributed by atoms with Gasteiger partial charge in [0.25, 0.3) is 5.91 Å². The van der Waals surface area contributed by atoms with Gasteiger partial charge < -0.3 is 19.3 Å². The Kier molecular flexibility index (Phi) is 5.21. The van der Waals surface area contributed by atoms with Crippen molar-refractivity contribution in [3.63, 3.8) is 0 Å². The van der Waals surface area contributed by atoms with Crippen molar-refractivity contribution in [3.8, 4) is 0 Å². The molecule has 146 valence electrons. The van der Waals surface area contributed by atoms with E-state index < -0.39 is 0 Å². The molecule has 6 nitrogen and oxygen atoms in total. The van der Waals surface area contributed by atoms with Gasteiger partial charge in [-0.2, -0.15) is 0 Å². The van der Waals surface area contributed by atoms with Gasteiger partial charge in [0, 0.05) is 81.6 Å². The molecule has 0 aliphatic carbocycles. The summed E-state index contributed by atoms with van der Waals surface area (Å²) in [5.41, 5.74) is 4.64. The van der Waals surface area contributed by atoms with Crippen LogP contribution < -0.4 is 0 Å². The molecular formula is C21H29N3O3. The molecule has 1 aromatic heterocycles. The Hall–Kier alpha value is -1.89. The van der Waals surface area contributed by atoms with Gasteiger partial charge in [-0.3, -0.25) is 9.69 Å². The molecule has 1 N–H and O–H groups in total. The van der Waals surface area contributed by atoms with Crippen LogP contribution in [-0.4, -0.2) is 71.4 Å². The quantitative estimate of drug-likeness (QED) is 0.890. The molecule has 27 heavy (non-hydrogen) atoms. The lowest BCUT2D eigenvalue weighted by Crippen LogP contribution is -2.42. The number of aliphatic hydroxyl groups excluding tert-OH is 1. The molecule has 0 unspecified atom stereocenters. The molecule has 1 aromatic carbocycles. The summed E-state index contributed by atoms with van der Waals surface area (Å²) >= 11 is 0. The number of rotatable bonds is 4. The summed E-state index contributed by atoms with van der Waals surface area (Å²) in [6.45, 7) is 4.08. The number of likely N-dealkylation sites (N-methyl/N-ethyl adjacent to an activating group) is 1. The molecule has 0 bridgehead atoms. The summed E-state index contributed by atoms with van der Waals surface area (Å²) < 4.78 is 7.82. The molecule has 0 spiro atoms. The molecule has 1 saturated heterocycles. The van der Waals surface area contributed by atoms with Crippen LogP contribution in [0, 0.1) is 0 Å². The summed E-state index contributed by atoms with van der Waals surface area (Å²) in [7, 11) is 3.86. The number of hydrogen-bond donors (Lipinski definition) is 1. The topological polar surface area (TPSA) is 57.9 Å². The second kappa shape index (κ2) is 7.62. The minimum atomic E-state index is -0.0411. The normalized spacial score (nSPS) is 18.6. The molecule has 6 heteroatoms. The largest absolute Gasteiger partial charge is 0.395 e. The molecule has 4 rings (SSSR count). The number of aliphatic hydroxyl groups is 1. The summed E-state index contributed by atoms with van der Waals surface area (Å²) in [6, 6.07) is 6.60. The van der Waals surface area contributed by atoms with Crippen molar-refractivity contribution in [1.82, 2.24) is 14.4 Å². The minimum absolute atomic E-state index is 0.0225. The Morgan fingerprint density at radius 3 is 2.85 bits per heavy atom. The molecule has 2 aliphatic rings. The Morgan fingerprint density at radius 2 is 2.11 bits per heavy atom. The van der Waals surface area contributed by atoms with Gasteiger partial charge in [0.15, 0.2) is 0 Å². The van der Waals surface area contributed by atoms with Crippen molar-refractivity contribution in [2.24, 2.45) is 7.05 Å². The zero-order chi connectivity index (χ0) is 19.0. The Labute approximate surface area is 160 Å². The van der Waals surface area contributed by atoms with Crippen molar-refractivity contribution in [3.05, 3.63) is 35.0 Å². The van der Waals surface area contributed by atoms with Crippen LogP contribution in [0.4, 0.5) is 0 Å². The van der Waals surface area contributed by atoms with Crippen LogP contribution >= 0.6 is 0 Å². The predicted octanol–water partition coefficient (Wildman–Crippen LogP) is 1.78. The Bertz CT molecular complexity index is 839. The fraction of sp³-hybridized carbons (Fsp3) is 0.571. The van der Waals surface area contributed by atoms with E-state index >= 15 is 0 Å². The molecule has 2 aliphatic heterocycles. The van der Waals surface area contributed by atoms with Crippen LogP contribution in [0.25, 0.3) is 10.9 Å². The SMILES string of the molecule is CN(CCO)C(=O)c1ccc2c(c1)c1c(n2C)CCN(C2CCOCC2)C1. The van der Waals surface area contributed by atoms with Gasteiger partial charge in [-0.15, -0.1) is 0 Å². The Morgan fingerprint density at radius 1 is 1.33 bits per heavy atom. The van der Waals surface area contributed by atoms with Crippen LogP contribution in [0.2, 0.25) is 0 Å². The van der Waals surface area contributed by atoms with Gasteiger partial charge in [-0.1, -0.05) is 0 Å². The van der Waals surface area contributed by atoms with E-state index in [1.54, 1.807) is 11.9 Å². The van der Waals surface area contributed by atoms with Gasteiger partial charge in [0.1, 0.15) is 0 Å². The smallest absolute Gasteiger partial charge is 0.253 e. The van der Waals surface area contributed by atoms with Gasteiger partial charge in [-0.05, 0) is 36.6 Å². The van der Waals surface area contributed by atoms with Crippen LogP contribution in [-0.2, 0) is 24.8 Å².